The number of carbonyl (C=O) groups excluding carboxylic acids is 1. The first-order chi connectivity index (χ1) is 12.9. The predicted octanol–water partition coefficient (Wildman–Crippen LogP) is 2.64. The normalized spacial score (nSPS) is 15.3. The molecule has 7 heteroatoms. The number of hydrogen-bond donors (Lipinski definition) is 0. The number of carbonyl (C=O) groups is 1. The molecule has 1 saturated heterocycles. The van der Waals surface area contributed by atoms with Crippen LogP contribution in [0.15, 0.2) is 48.5 Å². The van der Waals surface area contributed by atoms with Crippen molar-refractivity contribution in [1.82, 2.24) is 4.90 Å². The van der Waals surface area contributed by atoms with Crippen LogP contribution in [0.25, 0.3) is 0 Å². The van der Waals surface area contributed by atoms with Crippen molar-refractivity contribution in [3.8, 4) is 12.3 Å². The van der Waals surface area contributed by atoms with E-state index in [9.17, 15) is 17.6 Å². The number of nitrogens with zero attached hydrogens (tertiary/aromatic N) is 2. The van der Waals surface area contributed by atoms with Crippen LogP contribution in [0.5, 0.6) is 0 Å². The van der Waals surface area contributed by atoms with Gasteiger partial charge in [0.2, 0.25) is 10.0 Å². The second-order valence-electron chi connectivity index (χ2n) is 6.28. The zero-order chi connectivity index (χ0) is 19.4. The van der Waals surface area contributed by atoms with E-state index in [-0.39, 0.29) is 30.6 Å². The molecule has 0 bridgehead atoms. The molecule has 0 saturated carbocycles. The van der Waals surface area contributed by atoms with Gasteiger partial charge in [0.05, 0.1) is 18.0 Å². The van der Waals surface area contributed by atoms with E-state index in [0.717, 1.165) is 5.56 Å². The Morgan fingerprint density at radius 3 is 2.37 bits per heavy atom. The van der Waals surface area contributed by atoms with Gasteiger partial charge in [-0.2, -0.15) is 0 Å². The van der Waals surface area contributed by atoms with Gasteiger partial charge < -0.3 is 4.90 Å². The summed E-state index contributed by atoms with van der Waals surface area (Å²) in [7, 11) is -3.26. The van der Waals surface area contributed by atoms with Crippen LogP contribution < -0.4 is 4.31 Å². The molecule has 0 aliphatic carbocycles. The molecule has 1 heterocycles. The molecule has 0 atom stereocenters. The fourth-order valence-corrected chi connectivity index (χ4v) is 4.57. The van der Waals surface area contributed by atoms with Crippen LogP contribution >= 0.6 is 0 Å². The standard InChI is InChI=1S/C20H19FN2O3S/c1-2-12-22(15-16-4-8-18(21)9-5-16)20(24)17-6-10-19(11-7-17)23-13-3-14-27(23,25)26/h1,4-11H,3,12-15H2. The van der Waals surface area contributed by atoms with Crippen LogP contribution in [0, 0.1) is 18.2 Å². The summed E-state index contributed by atoms with van der Waals surface area (Å²) in [6.45, 7) is 0.813. The van der Waals surface area contributed by atoms with Crippen LogP contribution in [-0.4, -0.2) is 38.1 Å². The third-order valence-corrected chi connectivity index (χ3v) is 6.23. The first kappa shape index (κ1) is 18.9. The van der Waals surface area contributed by atoms with Crippen molar-refractivity contribution in [2.24, 2.45) is 0 Å². The number of rotatable bonds is 5. The third-order valence-electron chi connectivity index (χ3n) is 4.36. The van der Waals surface area contributed by atoms with Crippen LogP contribution in [0.3, 0.4) is 0 Å². The Balaban J connectivity index is 1.78. The summed E-state index contributed by atoms with van der Waals surface area (Å²) in [6.07, 6.45) is 5.98. The van der Waals surface area contributed by atoms with E-state index in [2.05, 4.69) is 5.92 Å². The van der Waals surface area contributed by atoms with Crippen molar-refractivity contribution in [2.45, 2.75) is 13.0 Å². The zero-order valence-corrected chi connectivity index (χ0v) is 15.5. The van der Waals surface area contributed by atoms with E-state index in [4.69, 9.17) is 6.42 Å². The molecule has 1 fully saturated rings. The van der Waals surface area contributed by atoms with Crippen molar-refractivity contribution in [3.05, 3.63) is 65.5 Å². The highest BCUT2D eigenvalue weighted by Gasteiger charge is 2.28. The summed E-state index contributed by atoms with van der Waals surface area (Å²) in [5, 5.41) is 0. The minimum absolute atomic E-state index is 0.110. The van der Waals surface area contributed by atoms with Crippen molar-refractivity contribution in [2.75, 3.05) is 23.1 Å². The number of sulfonamides is 1. The fraction of sp³-hybridized carbons (Fsp3) is 0.250. The summed E-state index contributed by atoms with van der Waals surface area (Å²) in [4.78, 5) is 14.3. The Bertz CT molecular complexity index is 964. The van der Waals surface area contributed by atoms with E-state index in [1.807, 2.05) is 0 Å². The topological polar surface area (TPSA) is 57.7 Å². The van der Waals surface area contributed by atoms with E-state index in [0.29, 0.717) is 24.2 Å². The highest BCUT2D eigenvalue weighted by atomic mass is 32.2. The van der Waals surface area contributed by atoms with E-state index in [1.165, 1.54) is 21.3 Å². The molecule has 2 aromatic rings. The SMILES string of the molecule is C#CCN(Cc1ccc(F)cc1)C(=O)c1ccc(N2CCCS2(=O)=O)cc1. The van der Waals surface area contributed by atoms with E-state index >= 15 is 0 Å². The van der Waals surface area contributed by atoms with Crippen LogP contribution in [0.4, 0.5) is 10.1 Å². The average molecular weight is 386 g/mol. The maximum absolute atomic E-state index is 13.1. The Morgan fingerprint density at radius 1 is 1.15 bits per heavy atom. The Hall–Kier alpha value is -2.85. The van der Waals surface area contributed by atoms with Crippen molar-refractivity contribution in [3.63, 3.8) is 0 Å². The molecule has 1 aliphatic heterocycles. The van der Waals surface area contributed by atoms with Crippen molar-refractivity contribution >= 4 is 21.6 Å². The van der Waals surface area contributed by atoms with Gasteiger partial charge >= 0.3 is 0 Å². The molecular weight excluding hydrogens is 367 g/mol. The predicted molar refractivity (Wildman–Crippen MR) is 102 cm³/mol. The minimum atomic E-state index is -3.26. The molecule has 0 unspecified atom stereocenters. The number of benzene rings is 2. The molecule has 0 aromatic heterocycles. The Kier molecular flexibility index (Phi) is 5.47. The van der Waals surface area contributed by atoms with Gasteiger partial charge in [-0.1, -0.05) is 18.1 Å². The molecule has 0 radical (unpaired) electrons. The smallest absolute Gasteiger partial charge is 0.254 e. The number of amides is 1. The Labute approximate surface area is 158 Å². The Morgan fingerprint density at radius 2 is 1.81 bits per heavy atom. The molecular formula is C20H19FN2O3S. The quantitative estimate of drug-likeness (QED) is 0.743. The molecule has 1 amide bonds. The van der Waals surface area contributed by atoms with Crippen LogP contribution in [0.2, 0.25) is 0 Å². The third kappa shape index (κ3) is 4.29. The lowest BCUT2D eigenvalue weighted by molar-refractivity contribution is 0.0766. The lowest BCUT2D eigenvalue weighted by Crippen LogP contribution is -2.31. The molecule has 0 spiro atoms. The van der Waals surface area contributed by atoms with Crippen molar-refractivity contribution in [1.29, 1.82) is 0 Å². The van der Waals surface area contributed by atoms with Gasteiger partial charge in [-0.3, -0.25) is 9.10 Å². The maximum Gasteiger partial charge on any atom is 0.254 e. The number of halogens is 1. The van der Waals surface area contributed by atoms with Gasteiger partial charge in [0.1, 0.15) is 5.82 Å². The molecule has 3 rings (SSSR count). The maximum atomic E-state index is 13.1. The van der Waals surface area contributed by atoms with Gasteiger partial charge in [0.25, 0.3) is 5.91 Å². The van der Waals surface area contributed by atoms with Crippen molar-refractivity contribution < 1.29 is 17.6 Å². The first-order valence-electron chi connectivity index (χ1n) is 8.48. The molecule has 2 aromatic carbocycles. The summed E-state index contributed by atoms with van der Waals surface area (Å²) in [6, 6.07) is 12.3. The highest BCUT2D eigenvalue weighted by Crippen LogP contribution is 2.24. The minimum Gasteiger partial charge on any atom is -0.323 e. The van der Waals surface area contributed by atoms with Crippen LogP contribution in [-0.2, 0) is 16.6 Å². The van der Waals surface area contributed by atoms with Gasteiger partial charge in [-0.15, -0.1) is 6.42 Å². The molecule has 5 nitrogen and oxygen atoms in total. The first-order valence-corrected chi connectivity index (χ1v) is 10.1. The fourth-order valence-electron chi connectivity index (χ4n) is 3.00. The van der Waals surface area contributed by atoms with Crippen LogP contribution in [0.1, 0.15) is 22.3 Å². The average Bonchev–Trinajstić information content (AvgIpc) is 3.02. The zero-order valence-electron chi connectivity index (χ0n) is 14.6. The molecule has 0 N–H and O–H groups in total. The second kappa shape index (κ2) is 7.80. The summed E-state index contributed by atoms with van der Waals surface area (Å²) < 4.78 is 38.4. The van der Waals surface area contributed by atoms with Gasteiger partial charge in [0.15, 0.2) is 0 Å². The summed E-state index contributed by atoms with van der Waals surface area (Å²) in [5.41, 5.74) is 1.72. The number of terminal acetylenes is 1. The largest absolute Gasteiger partial charge is 0.323 e. The lowest BCUT2D eigenvalue weighted by Gasteiger charge is -2.21. The monoisotopic (exact) mass is 386 g/mol. The van der Waals surface area contributed by atoms with Gasteiger partial charge in [-0.05, 0) is 48.4 Å². The number of hydrogen-bond acceptors (Lipinski definition) is 3. The van der Waals surface area contributed by atoms with Gasteiger partial charge in [-0.25, -0.2) is 12.8 Å². The second-order valence-corrected chi connectivity index (χ2v) is 8.29. The summed E-state index contributed by atoms with van der Waals surface area (Å²) in [5.74, 6) is 1.98. The molecule has 27 heavy (non-hydrogen) atoms. The van der Waals surface area contributed by atoms with E-state index in [1.54, 1.807) is 36.4 Å². The van der Waals surface area contributed by atoms with Gasteiger partial charge in [0, 0.05) is 18.7 Å². The number of anilines is 1. The van der Waals surface area contributed by atoms with E-state index < -0.39 is 10.0 Å². The summed E-state index contributed by atoms with van der Waals surface area (Å²) >= 11 is 0. The molecule has 140 valence electrons. The highest BCUT2D eigenvalue weighted by molar-refractivity contribution is 7.93. The molecule has 1 aliphatic rings. The lowest BCUT2D eigenvalue weighted by atomic mass is 10.1.